The van der Waals surface area contributed by atoms with E-state index in [0.717, 1.165) is 10.2 Å². The maximum Gasteiger partial charge on any atom is 0.326 e. The van der Waals surface area contributed by atoms with Crippen LogP contribution < -0.4 is 0 Å². The van der Waals surface area contributed by atoms with Crippen molar-refractivity contribution < 1.29 is 14.3 Å². The summed E-state index contributed by atoms with van der Waals surface area (Å²) < 4.78 is 7.91. The summed E-state index contributed by atoms with van der Waals surface area (Å²) in [5.41, 5.74) is 1.44. The molecule has 0 fully saturated rings. The molecule has 2 aromatic rings. The summed E-state index contributed by atoms with van der Waals surface area (Å²) in [4.78, 5) is 25.9. The van der Waals surface area contributed by atoms with E-state index in [1.807, 2.05) is 31.2 Å². The van der Waals surface area contributed by atoms with E-state index in [0.29, 0.717) is 11.3 Å². The summed E-state index contributed by atoms with van der Waals surface area (Å²) in [7, 11) is 1.57. The molecule has 0 N–H and O–H groups in total. The van der Waals surface area contributed by atoms with E-state index >= 15 is 0 Å². The lowest BCUT2D eigenvalue weighted by Gasteiger charge is -2.22. The quantitative estimate of drug-likeness (QED) is 0.728. The van der Waals surface area contributed by atoms with Crippen LogP contribution in [0.4, 0.5) is 0 Å². The third-order valence-corrected chi connectivity index (χ3v) is 3.97. The molecule has 0 spiro atoms. The molecule has 134 valence electrons. The smallest absolute Gasteiger partial charge is 0.326 e. The largest absolute Gasteiger partial charge is 0.459 e. The molecule has 6 nitrogen and oxygen atoms in total. The maximum atomic E-state index is 12.6. The van der Waals surface area contributed by atoms with Crippen LogP contribution in [0.5, 0.6) is 0 Å². The number of aromatic nitrogens is 2. The fourth-order valence-electron chi connectivity index (χ4n) is 2.31. The highest BCUT2D eigenvalue weighted by molar-refractivity contribution is 9.10. The summed E-state index contributed by atoms with van der Waals surface area (Å²) in [6.07, 6.45) is 1.52. The van der Waals surface area contributed by atoms with Crippen LogP contribution in [-0.4, -0.2) is 45.8 Å². The van der Waals surface area contributed by atoms with Gasteiger partial charge >= 0.3 is 5.97 Å². The van der Waals surface area contributed by atoms with Gasteiger partial charge in [0.1, 0.15) is 12.1 Å². The fraction of sp³-hybridized carbons (Fsp3) is 0.389. The Hall–Kier alpha value is -2.15. The standard InChI is InChI=1S/C18H22BrN3O3/c1-12-15(10-20-22(12)14-8-6-13(19)7-9-14)17(24)21(5)11-16(23)25-18(2,3)4/h6-10H,11H2,1-5H3. The minimum atomic E-state index is -0.580. The number of rotatable bonds is 4. The number of likely N-dealkylation sites (N-methyl/N-ethyl adjacent to an activating group) is 1. The first-order valence-electron chi connectivity index (χ1n) is 7.86. The normalized spacial score (nSPS) is 11.3. The fourth-order valence-corrected chi connectivity index (χ4v) is 2.57. The van der Waals surface area contributed by atoms with Gasteiger partial charge in [0, 0.05) is 11.5 Å². The number of hydrogen-bond donors (Lipinski definition) is 0. The van der Waals surface area contributed by atoms with E-state index in [9.17, 15) is 9.59 Å². The molecular formula is C18H22BrN3O3. The van der Waals surface area contributed by atoms with E-state index in [1.165, 1.54) is 11.1 Å². The Balaban J connectivity index is 2.15. The molecule has 0 radical (unpaired) electrons. The van der Waals surface area contributed by atoms with Crippen LogP contribution in [0, 0.1) is 6.92 Å². The Kier molecular flexibility index (Phi) is 5.67. The zero-order valence-corrected chi connectivity index (χ0v) is 16.6. The number of hydrogen-bond acceptors (Lipinski definition) is 4. The van der Waals surface area contributed by atoms with Crippen LogP contribution in [0.1, 0.15) is 36.8 Å². The van der Waals surface area contributed by atoms with Crippen LogP contribution in [0.25, 0.3) is 5.69 Å². The van der Waals surface area contributed by atoms with Crippen LogP contribution >= 0.6 is 15.9 Å². The Bertz CT molecular complexity index is 776. The molecule has 0 saturated heterocycles. The van der Waals surface area contributed by atoms with Crippen LogP contribution in [0.2, 0.25) is 0 Å². The Morgan fingerprint density at radius 3 is 2.40 bits per heavy atom. The van der Waals surface area contributed by atoms with Crippen molar-refractivity contribution in [1.29, 1.82) is 0 Å². The monoisotopic (exact) mass is 407 g/mol. The molecule has 0 saturated carbocycles. The van der Waals surface area contributed by atoms with Gasteiger partial charge in [0.15, 0.2) is 0 Å². The number of ether oxygens (including phenoxy) is 1. The molecule has 0 aliphatic rings. The van der Waals surface area contributed by atoms with Crippen molar-refractivity contribution in [3.8, 4) is 5.69 Å². The van der Waals surface area contributed by atoms with Gasteiger partial charge in [-0.3, -0.25) is 9.59 Å². The van der Waals surface area contributed by atoms with Crippen LogP contribution in [-0.2, 0) is 9.53 Å². The van der Waals surface area contributed by atoms with Gasteiger partial charge in [-0.2, -0.15) is 5.10 Å². The van der Waals surface area contributed by atoms with Crippen molar-refractivity contribution >= 4 is 27.8 Å². The predicted molar refractivity (Wildman–Crippen MR) is 98.8 cm³/mol. The zero-order chi connectivity index (χ0) is 18.8. The van der Waals surface area contributed by atoms with Crippen molar-refractivity contribution in [2.45, 2.75) is 33.3 Å². The maximum absolute atomic E-state index is 12.6. The molecule has 1 aromatic carbocycles. The first-order valence-corrected chi connectivity index (χ1v) is 8.65. The number of carbonyl (C=O) groups is 2. The average Bonchev–Trinajstić information content (AvgIpc) is 2.87. The highest BCUT2D eigenvalue weighted by atomic mass is 79.9. The van der Waals surface area contributed by atoms with Gasteiger partial charge in [0.2, 0.25) is 0 Å². The number of carbonyl (C=O) groups excluding carboxylic acids is 2. The Labute approximate surface area is 155 Å². The predicted octanol–water partition coefficient (Wildman–Crippen LogP) is 3.36. The third kappa shape index (κ3) is 4.92. The molecule has 0 aliphatic heterocycles. The van der Waals surface area contributed by atoms with Gasteiger partial charge in [-0.1, -0.05) is 15.9 Å². The number of amides is 1. The number of benzene rings is 1. The summed E-state index contributed by atoms with van der Waals surface area (Å²) >= 11 is 3.39. The second kappa shape index (κ2) is 7.39. The van der Waals surface area contributed by atoms with Crippen LogP contribution in [0.15, 0.2) is 34.9 Å². The lowest BCUT2D eigenvalue weighted by Crippen LogP contribution is -2.36. The van der Waals surface area contributed by atoms with Crippen molar-refractivity contribution in [2.75, 3.05) is 13.6 Å². The van der Waals surface area contributed by atoms with E-state index in [4.69, 9.17) is 4.74 Å². The van der Waals surface area contributed by atoms with Crippen molar-refractivity contribution in [3.05, 3.63) is 46.2 Å². The van der Waals surface area contributed by atoms with Gasteiger partial charge < -0.3 is 9.64 Å². The molecule has 1 heterocycles. The van der Waals surface area contributed by atoms with Gasteiger partial charge in [0.05, 0.1) is 23.1 Å². The van der Waals surface area contributed by atoms with Gasteiger partial charge in [-0.25, -0.2) is 4.68 Å². The van der Waals surface area contributed by atoms with E-state index in [1.54, 1.807) is 32.5 Å². The lowest BCUT2D eigenvalue weighted by atomic mass is 10.2. The van der Waals surface area contributed by atoms with Gasteiger partial charge in [0.25, 0.3) is 5.91 Å². The summed E-state index contributed by atoms with van der Waals surface area (Å²) in [5.74, 6) is -0.715. The van der Waals surface area contributed by atoms with Crippen LogP contribution in [0.3, 0.4) is 0 Å². The molecule has 25 heavy (non-hydrogen) atoms. The average molecular weight is 408 g/mol. The molecule has 0 aliphatic carbocycles. The lowest BCUT2D eigenvalue weighted by molar-refractivity contribution is -0.155. The van der Waals surface area contributed by atoms with Crippen molar-refractivity contribution in [1.82, 2.24) is 14.7 Å². The molecule has 1 aromatic heterocycles. The second-order valence-electron chi connectivity index (χ2n) is 6.78. The Morgan fingerprint density at radius 2 is 1.84 bits per heavy atom. The first kappa shape index (κ1) is 19.2. The SMILES string of the molecule is Cc1c(C(=O)N(C)CC(=O)OC(C)(C)C)cnn1-c1ccc(Br)cc1. The minimum absolute atomic E-state index is 0.112. The third-order valence-electron chi connectivity index (χ3n) is 3.44. The zero-order valence-electron chi connectivity index (χ0n) is 15.0. The van der Waals surface area contributed by atoms with Crippen molar-refractivity contribution in [2.24, 2.45) is 0 Å². The molecular weight excluding hydrogens is 386 g/mol. The molecule has 1 amide bonds. The highest BCUT2D eigenvalue weighted by Crippen LogP contribution is 2.18. The number of halogens is 1. The van der Waals surface area contributed by atoms with Crippen molar-refractivity contribution in [3.63, 3.8) is 0 Å². The van der Waals surface area contributed by atoms with Gasteiger partial charge in [-0.15, -0.1) is 0 Å². The second-order valence-corrected chi connectivity index (χ2v) is 7.70. The number of esters is 1. The molecule has 2 rings (SSSR count). The highest BCUT2D eigenvalue weighted by Gasteiger charge is 2.23. The van der Waals surface area contributed by atoms with E-state index in [2.05, 4.69) is 21.0 Å². The summed E-state index contributed by atoms with van der Waals surface area (Å²) in [6.45, 7) is 7.08. The van der Waals surface area contributed by atoms with E-state index in [-0.39, 0.29) is 12.5 Å². The first-order chi connectivity index (χ1) is 11.6. The molecule has 0 bridgehead atoms. The summed E-state index contributed by atoms with van der Waals surface area (Å²) in [6, 6.07) is 7.63. The number of nitrogens with zero attached hydrogens (tertiary/aromatic N) is 3. The van der Waals surface area contributed by atoms with Gasteiger partial charge in [-0.05, 0) is 52.0 Å². The molecule has 0 unspecified atom stereocenters. The Morgan fingerprint density at radius 1 is 1.24 bits per heavy atom. The molecule has 0 atom stereocenters. The summed E-state index contributed by atoms with van der Waals surface area (Å²) in [5, 5.41) is 4.30. The van der Waals surface area contributed by atoms with E-state index < -0.39 is 11.6 Å². The topological polar surface area (TPSA) is 64.4 Å². The molecule has 7 heteroatoms. The minimum Gasteiger partial charge on any atom is -0.459 e.